The van der Waals surface area contributed by atoms with E-state index in [1.165, 1.54) is 6.20 Å². The van der Waals surface area contributed by atoms with E-state index in [9.17, 15) is 4.79 Å². The summed E-state index contributed by atoms with van der Waals surface area (Å²) in [4.78, 5) is 16.6. The number of amides is 1. The lowest BCUT2D eigenvalue weighted by atomic mass is 10.2. The molecule has 1 aliphatic rings. The summed E-state index contributed by atoms with van der Waals surface area (Å²) < 4.78 is 16.7. The van der Waals surface area contributed by atoms with Crippen LogP contribution in [0.3, 0.4) is 0 Å². The second-order valence-corrected chi connectivity index (χ2v) is 6.38. The minimum atomic E-state index is -0.236. The molecule has 6 heteroatoms. The number of nitrogens with zero attached hydrogens (tertiary/aromatic N) is 1. The molecule has 1 unspecified atom stereocenters. The van der Waals surface area contributed by atoms with Gasteiger partial charge in [0.15, 0.2) is 0 Å². The fraction of sp³-hybridized carbons (Fsp3) is 0.182. The number of ether oxygens (including phenoxy) is 3. The Morgan fingerprint density at radius 1 is 1.00 bits per heavy atom. The summed E-state index contributed by atoms with van der Waals surface area (Å²) in [6.45, 7) is 1.29. The van der Waals surface area contributed by atoms with Crippen molar-refractivity contribution in [3.8, 4) is 17.4 Å². The molecule has 1 fully saturated rings. The van der Waals surface area contributed by atoms with Gasteiger partial charge in [0.2, 0.25) is 5.88 Å². The van der Waals surface area contributed by atoms with Crippen LogP contribution < -0.4 is 14.8 Å². The minimum absolute atomic E-state index is 0.0313. The quantitative estimate of drug-likeness (QED) is 0.695. The third-order valence-corrected chi connectivity index (χ3v) is 4.26. The molecule has 0 radical (unpaired) electrons. The van der Waals surface area contributed by atoms with Gasteiger partial charge in [-0.2, -0.15) is 0 Å². The van der Waals surface area contributed by atoms with Crippen LogP contribution in [-0.2, 0) is 4.74 Å². The molecule has 0 bridgehead atoms. The highest BCUT2D eigenvalue weighted by Gasteiger charge is 2.18. The molecule has 0 spiro atoms. The molecule has 1 amide bonds. The first-order valence-corrected chi connectivity index (χ1v) is 9.11. The zero-order chi connectivity index (χ0) is 19.2. The summed E-state index contributed by atoms with van der Waals surface area (Å²) in [7, 11) is 0. The van der Waals surface area contributed by atoms with Crippen LogP contribution in [0.2, 0.25) is 0 Å². The average molecular weight is 376 g/mol. The van der Waals surface area contributed by atoms with Crippen LogP contribution in [0, 0.1) is 0 Å². The maximum absolute atomic E-state index is 12.4. The number of carbonyl (C=O) groups is 1. The summed E-state index contributed by atoms with van der Waals surface area (Å²) in [5, 5.41) is 2.85. The number of nitrogens with one attached hydrogen (secondary N) is 1. The number of hydrogen-bond acceptors (Lipinski definition) is 5. The van der Waals surface area contributed by atoms with E-state index in [0.29, 0.717) is 36.1 Å². The van der Waals surface area contributed by atoms with Gasteiger partial charge < -0.3 is 19.5 Å². The SMILES string of the molecule is O=C(Nc1ccc(Oc2ccccc2)cc1)c1ccc(OC2CCOC2)nc1. The van der Waals surface area contributed by atoms with Gasteiger partial charge >= 0.3 is 0 Å². The van der Waals surface area contributed by atoms with Crippen LogP contribution in [0.1, 0.15) is 16.8 Å². The van der Waals surface area contributed by atoms with Crippen LogP contribution in [0.4, 0.5) is 5.69 Å². The normalized spacial score (nSPS) is 15.8. The number of carbonyl (C=O) groups excluding carboxylic acids is 1. The van der Waals surface area contributed by atoms with E-state index < -0.39 is 0 Å². The molecule has 2 aromatic carbocycles. The number of rotatable bonds is 6. The van der Waals surface area contributed by atoms with Crippen molar-refractivity contribution in [3.05, 3.63) is 78.5 Å². The van der Waals surface area contributed by atoms with E-state index in [1.807, 2.05) is 42.5 Å². The Morgan fingerprint density at radius 2 is 1.79 bits per heavy atom. The summed E-state index contributed by atoms with van der Waals surface area (Å²) in [6.07, 6.45) is 2.39. The van der Waals surface area contributed by atoms with Gasteiger partial charge in [0.05, 0.1) is 18.8 Å². The topological polar surface area (TPSA) is 69.7 Å². The molecule has 1 atom stereocenters. The van der Waals surface area contributed by atoms with Gasteiger partial charge in [0.25, 0.3) is 5.91 Å². The van der Waals surface area contributed by atoms with Crippen molar-refractivity contribution < 1.29 is 19.0 Å². The fourth-order valence-corrected chi connectivity index (χ4v) is 2.80. The van der Waals surface area contributed by atoms with Crippen molar-refractivity contribution >= 4 is 11.6 Å². The van der Waals surface area contributed by atoms with E-state index in [0.717, 1.165) is 12.2 Å². The van der Waals surface area contributed by atoms with Crippen molar-refractivity contribution in [2.45, 2.75) is 12.5 Å². The van der Waals surface area contributed by atoms with Crippen LogP contribution in [0.15, 0.2) is 72.9 Å². The predicted octanol–water partition coefficient (Wildman–Crippen LogP) is 4.29. The predicted molar refractivity (Wildman–Crippen MR) is 105 cm³/mol. The van der Waals surface area contributed by atoms with Gasteiger partial charge in [-0.1, -0.05) is 18.2 Å². The molecule has 1 aromatic heterocycles. The highest BCUT2D eigenvalue weighted by molar-refractivity contribution is 6.04. The van der Waals surface area contributed by atoms with Crippen LogP contribution >= 0.6 is 0 Å². The standard InChI is InChI=1S/C22H20N2O4/c25-22(16-6-11-21(23-14-16)28-20-12-13-26-15-20)24-17-7-9-19(10-8-17)27-18-4-2-1-3-5-18/h1-11,14,20H,12-13,15H2,(H,24,25). The molecule has 1 saturated heterocycles. The number of pyridine rings is 1. The van der Waals surface area contributed by atoms with E-state index in [1.54, 1.807) is 24.3 Å². The lowest BCUT2D eigenvalue weighted by Crippen LogP contribution is -2.17. The molecule has 4 rings (SSSR count). The first kappa shape index (κ1) is 18.0. The Bertz CT molecular complexity index is 906. The molecule has 1 N–H and O–H groups in total. The molecule has 0 saturated carbocycles. The second kappa shape index (κ2) is 8.54. The Kier molecular flexibility index (Phi) is 5.49. The third kappa shape index (κ3) is 4.66. The lowest BCUT2D eigenvalue weighted by molar-refractivity contribution is 0.102. The molecule has 28 heavy (non-hydrogen) atoms. The number of para-hydroxylation sites is 1. The molecule has 2 heterocycles. The maximum Gasteiger partial charge on any atom is 0.257 e. The Morgan fingerprint density at radius 3 is 2.46 bits per heavy atom. The van der Waals surface area contributed by atoms with Crippen LogP contribution in [0.5, 0.6) is 17.4 Å². The summed E-state index contributed by atoms with van der Waals surface area (Å²) in [5.41, 5.74) is 1.13. The number of benzene rings is 2. The van der Waals surface area contributed by atoms with Crippen molar-refractivity contribution in [3.63, 3.8) is 0 Å². The first-order valence-electron chi connectivity index (χ1n) is 9.11. The van der Waals surface area contributed by atoms with Gasteiger partial charge in [-0.25, -0.2) is 4.98 Å². The van der Waals surface area contributed by atoms with E-state index in [2.05, 4.69) is 10.3 Å². The van der Waals surface area contributed by atoms with Crippen LogP contribution in [0.25, 0.3) is 0 Å². The molecule has 142 valence electrons. The fourth-order valence-electron chi connectivity index (χ4n) is 2.80. The van der Waals surface area contributed by atoms with Crippen molar-refractivity contribution in [2.24, 2.45) is 0 Å². The van der Waals surface area contributed by atoms with Gasteiger partial charge in [-0.15, -0.1) is 0 Å². The zero-order valence-corrected chi connectivity index (χ0v) is 15.2. The molecule has 3 aromatic rings. The van der Waals surface area contributed by atoms with Gasteiger partial charge in [-0.05, 0) is 42.5 Å². The molecular formula is C22H20N2O4. The van der Waals surface area contributed by atoms with E-state index >= 15 is 0 Å². The number of hydrogen-bond donors (Lipinski definition) is 1. The van der Waals surface area contributed by atoms with E-state index in [4.69, 9.17) is 14.2 Å². The van der Waals surface area contributed by atoms with E-state index in [-0.39, 0.29) is 12.0 Å². The monoisotopic (exact) mass is 376 g/mol. The molecule has 6 nitrogen and oxygen atoms in total. The highest BCUT2D eigenvalue weighted by atomic mass is 16.5. The van der Waals surface area contributed by atoms with Gasteiger partial charge in [0.1, 0.15) is 17.6 Å². The lowest BCUT2D eigenvalue weighted by Gasteiger charge is -2.11. The summed E-state index contributed by atoms with van der Waals surface area (Å²) in [5.74, 6) is 1.72. The Labute approximate surface area is 163 Å². The minimum Gasteiger partial charge on any atom is -0.472 e. The number of anilines is 1. The molecular weight excluding hydrogens is 356 g/mol. The second-order valence-electron chi connectivity index (χ2n) is 6.38. The van der Waals surface area contributed by atoms with Crippen molar-refractivity contribution in [1.82, 2.24) is 4.98 Å². The first-order chi connectivity index (χ1) is 13.8. The van der Waals surface area contributed by atoms with Crippen molar-refractivity contribution in [2.75, 3.05) is 18.5 Å². The summed E-state index contributed by atoms with van der Waals surface area (Å²) in [6, 6.07) is 20.1. The van der Waals surface area contributed by atoms with Crippen LogP contribution in [-0.4, -0.2) is 30.2 Å². The maximum atomic E-state index is 12.4. The highest BCUT2D eigenvalue weighted by Crippen LogP contribution is 2.23. The molecule has 0 aliphatic carbocycles. The van der Waals surface area contributed by atoms with Gasteiger partial charge in [0, 0.05) is 24.4 Å². The third-order valence-electron chi connectivity index (χ3n) is 4.26. The average Bonchev–Trinajstić information content (AvgIpc) is 3.24. The van der Waals surface area contributed by atoms with Crippen molar-refractivity contribution in [1.29, 1.82) is 0 Å². The van der Waals surface area contributed by atoms with Gasteiger partial charge in [-0.3, -0.25) is 4.79 Å². The Balaban J connectivity index is 1.33. The zero-order valence-electron chi connectivity index (χ0n) is 15.2. The smallest absolute Gasteiger partial charge is 0.257 e. The largest absolute Gasteiger partial charge is 0.472 e. The Hall–Kier alpha value is -3.38. The molecule has 1 aliphatic heterocycles. The number of aromatic nitrogens is 1. The summed E-state index contributed by atoms with van der Waals surface area (Å²) >= 11 is 0.